The van der Waals surface area contributed by atoms with Gasteiger partial charge in [0.25, 0.3) is 5.91 Å². The SMILES string of the molecule is CC(=O)NC[C@]1(c2ccccc2)CC[C@@H](O)[C@H](N(C)C(=O)c2cn3c(C)cccc3n2)CC1. The lowest BCUT2D eigenvalue weighted by atomic mass is 9.74. The van der Waals surface area contributed by atoms with Crippen molar-refractivity contribution in [2.45, 2.75) is 57.1 Å². The molecule has 1 aromatic carbocycles. The molecule has 33 heavy (non-hydrogen) atoms. The second kappa shape index (κ2) is 9.35. The molecule has 1 aliphatic rings. The highest BCUT2D eigenvalue weighted by Crippen LogP contribution is 2.39. The first-order valence-electron chi connectivity index (χ1n) is 11.5. The summed E-state index contributed by atoms with van der Waals surface area (Å²) < 4.78 is 1.90. The largest absolute Gasteiger partial charge is 0.391 e. The summed E-state index contributed by atoms with van der Waals surface area (Å²) in [4.78, 5) is 31.2. The van der Waals surface area contributed by atoms with E-state index in [2.05, 4.69) is 22.4 Å². The van der Waals surface area contributed by atoms with Gasteiger partial charge in [0.2, 0.25) is 5.91 Å². The molecule has 2 heterocycles. The molecule has 0 bridgehead atoms. The molecule has 0 spiro atoms. The number of rotatable bonds is 5. The first-order valence-corrected chi connectivity index (χ1v) is 11.5. The smallest absolute Gasteiger partial charge is 0.274 e. The molecule has 7 heteroatoms. The highest BCUT2D eigenvalue weighted by molar-refractivity contribution is 5.93. The Morgan fingerprint density at radius 2 is 1.88 bits per heavy atom. The van der Waals surface area contributed by atoms with Crippen LogP contribution in [0, 0.1) is 6.92 Å². The van der Waals surface area contributed by atoms with Gasteiger partial charge < -0.3 is 19.7 Å². The van der Waals surface area contributed by atoms with E-state index in [9.17, 15) is 14.7 Å². The number of fused-ring (bicyclic) bond motifs is 1. The Balaban J connectivity index is 1.57. The third-order valence-corrected chi connectivity index (χ3v) is 7.08. The van der Waals surface area contributed by atoms with Crippen LogP contribution in [-0.2, 0) is 10.2 Å². The molecule has 3 atom stereocenters. The minimum atomic E-state index is -0.652. The zero-order valence-electron chi connectivity index (χ0n) is 19.5. The van der Waals surface area contributed by atoms with E-state index in [1.165, 1.54) is 6.92 Å². The summed E-state index contributed by atoms with van der Waals surface area (Å²) in [5.41, 5.74) is 2.97. The Kier molecular flexibility index (Phi) is 6.51. The number of aryl methyl sites for hydroxylation is 1. The van der Waals surface area contributed by atoms with Crippen molar-refractivity contribution in [1.82, 2.24) is 19.6 Å². The maximum absolute atomic E-state index is 13.3. The Morgan fingerprint density at radius 1 is 1.15 bits per heavy atom. The predicted molar refractivity (Wildman–Crippen MR) is 127 cm³/mol. The van der Waals surface area contributed by atoms with Crippen LogP contribution in [0.2, 0.25) is 0 Å². The van der Waals surface area contributed by atoms with Crippen molar-refractivity contribution in [3.8, 4) is 0 Å². The molecule has 4 rings (SSSR count). The fourth-order valence-electron chi connectivity index (χ4n) is 5.05. The number of nitrogens with zero attached hydrogens (tertiary/aromatic N) is 3. The van der Waals surface area contributed by atoms with Crippen molar-refractivity contribution in [1.29, 1.82) is 0 Å². The molecule has 174 valence electrons. The number of imidazole rings is 1. The van der Waals surface area contributed by atoms with Crippen LogP contribution in [0.3, 0.4) is 0 Å². The Bertz CT molecular complexity index is 1140. The molecule has 7 nitrogen and oxygen atoms in total. The molecule has 0 aliphatic heterocycles. The lowest BCUT2D eigenvalue weighted by Crippen LogP contribution is -2.44. The number of hydrogen-bond donors (Lipinski definition) is 2. The lowest BCUT2D eigenvalue weighted by molar-refractivity contribution is -0.119. The quantitative estimate of drug-likeness (QED) is 0.587. The van der Waals surface area contributed by atoms with Crippen LogP contribution in [0.5, 0.6) is 0 Å². The maximum Gasteiger partial charge on any atom is 0.274 e. The van der Waals surface area contributed by atoms with Gasteiger partial charge in [-0.1, -0.05) is 36.4 Å². The van der Waals surface area contributed by atoms with Crippen molar-refractivity contribution in [3.63, 3.8) is 0 Å². The van der Waals surface area contributed by atoms with Gasteiger partial charge in [-0.2, -0.15) is 0 Å². The molecule has 1 aliphatic carbocycles. The fraction of sp³-hybridized carbons (Fsp3) is 0.423. The number of likely N-dealkylation sites (N-methyl/N-ethyl adjacent to an activating group) is 1. The molecule has 0 saturated heterocycles. The van der Waals surface area contributed by atoms with Crippen LogP contribution in [0.1, 0.15) is 54.4 Å². The van der Waals surface area contributed by atoms with E-state index in [1.54, 1.807) is 18.1 Å². The van der Waals surface area contributed by atoms with Gasteiger partial charge in [-0.25, -0.2) is 4.98 Å². The molecule has 2 N–H and O–H groups in total. The molecule has 1 fully saturated rings. The van der Waals surface area contributed by atoms with E-state index in [4.69, 9.17) is 0 Å². The van der Waals surface area contributed by atoms with Gasteiger partial charge in [-0.05, 0) is 50.3 Å². The topological polar surface area (TPSA) is 86.9 Å². The summed E-state index contributed by atoms with van der Waals surface area (Å²) in [6.45, 7) is 4.01. The van der Waals surface area contributed by atoms with Gasteiger partial charge >= 0.3 is 0 Å². The number of hydrogen-bond acceptors (Lipinski definition) is 4. The van der Waals surface area contributed by atoms with E-state index < -0.39 is 6.10 Å². The van der Waals surface area contributed by atoms with Gasteiger partial charge in [-0.3, -0.25) is 9.59 Å². The Hall–Kier alpha value is -3.19. The Labute approximate surface area is 194 Å². The summed E-state index contributed by atoms with van der Waals surface area (Å²) >= 11 is 0. The lowest BCUT2D eigenvalue weighted by Gasteiger charge is -2.34. The molecule has 3 aromatic rings. The monoisotopic (exact) mass is 448 g/mol. The number of nitrogens with one attached hydrogen (secondary N) is 1. The molecular weight excluding hydrogens is 416 g/mol. The number of aliphatic hydroxyl groups is 1. The standard InChI is InChI=1S/C26H32N4O3/c1-18-8-7-11-24-28-21(16-30(18)24)25(33)29(3)22-12-14-26(15-13-23(22)32,17-27-19(2)31)20-9-5-4-6-10-20/h4-11,16,22-23,32H,12-15,17H2,1-3H3,(H,27,31)/t22-,23-,26-/m1/s1. The average Bonchev–Trinajstić information content (AvgIpc) is 3.18. The number of aromatic nitrogens is 2. The third-order valence-electron chi connectivity index (χ3n) is 7.08. The zero-order valence-corrected chi connectivity index (χ0v) is 19.5. The Morgan fingerprint density at radius 3 is 2.58 bits per heavy atom. The van der Waals surface area contributed by atoms with Crippen LogP contribution in [0.25, 0.3) is 5.65 Å². The van der Waals surface area contributed by atoms with Crippen molar-refractivity contribution in [2.24, 2.45) is 0 Å². The summed E-state index contributed by atoms with van der Waals surface area (Å²) in [6.07, 6.45) is 3.76. The van der Waals surface area contributed by atoms with Crippen molar-refractivity contribution in [3.05, 3.63) is 71.7 Å². The first kappa shape index (κ1) is 23.0. The second-order valence-corrected chi connectivity index (χ2v) is 9.21. The van der Waals surface area contributed by atoms with Crippen molar-refractivity contribution in [2.75, 3.05) is 13.6 Å². The van der Waals surface area contributed by atoms with Crippen LogP contribution < -0.4 is 5.32 Å². The highest BCUT2D eigenvalue weighted by atomic mass is 16.3. The zero-order chi connectivity index (χ0) is 23.6. The summed E-state index contributed by atoms with van der Waals surface area (Å²) in [7, 11) is 1.75. The number of benzene rings is 1. The number of pyridine rings is 1. The minimum absolute atomic E-state index is 0.0684. The summed E-state index contributed by atoms with van der Waals surface area (Å²) in [6, 6.07) is 15.6. The first-order chi connectivity index (χ1) is 15.8. The maximum atomic E-state index is 13.3. The van der Waals surface area contributed by atoms with Gasteiger partial charge in [0.15, 0.2) is 0 Å². The number of amides is 2. The molecule has 0 unspecified atom stereocenters. The number of carbonyl (C=O) groups is 2. The van der Waals surface area contributed by atoms with Crippen LogP contribution >= 0.6 is 0 Å². The second-order valence-electron chi connectivity index (χ2n) is 9.21. The molecule has 1 saturated carbocycles. The van der Waals surface area contributed by atoms with Crippen molar-refractivity contribution < 1.29 is 14.7 Å². The molecule has 2 amide bonds. The van der Waals surface area contributed by atoms with E-state index in [0.717, 1.165) is 29.7 Å². The van der Waals surface area contributed by atoms with E-state index in [-0.39, 0.29) is 23.3 Å². The van der Waals surface area contributed by atoms with Crippen molar-refractivity contribution >= 4 is 17.5 Å². The minimum Gasteiger partial charge on any atom is -0.391 e. The molecule has 0 radical (unpaired) electrons. The summed E-state index contributed by atoms with van der Waals surface area (Å²) in [5, 5.41) is 14.0. The average molecular weight is 449 g/mol. The van der Waals surface area contributed by atoms with Gasteiger partial charge in [0, 0.05) is 37.8 Å². The van der Waals surface area contributed by atoms with Gasteiger partial charge in [0.1, 0.15) is 11.3 Å². The van der Waals surface area contributed by atoms with Crippen LogP contribution in [0.4, 0.5) is 0 Å². The number of aliphatic hydroxyl groups excluding tert-OH is 1. The number of carbonyl (C=O) groups excluding carboxylic acids is 2. The van der Waals surface area contributed by atoms with E-state index in [1.807, 2.05) is 47.7 Å². The van der Waals surface area contributed by atoms with Gasteiger partial charge in [-0.15, -0.1) is 0 Å². The summed E-state index contributed by atoms with van der Waals surface area (Å²) in [5.74, 6) is -0.266. The van der Waals surface area contributed by atoms with E-state index in [0.29, 0.717) is 25.1 Å². The fourth-order valence-corrected chi connectivity index (χ4v) is 5.05. The van der Waals surface area contributed by atoms with Crippen LogP contribution in [0.15, 0.2) is 54.7 Å². The third kappa shape index (κ3) is 4.64. The molecule has 2 aromatic heterocycles. The van der Waals surface area contributed by atoms with Crippen LogP contribution in [-0.4, -0.2) is 56.9 Å². The normalized spacial score (nSPS) is 23.2. The van der Waals surface area contributed by atoms with E-state index >= 15 is 0 Å². The van der Waals surface area contributed by atoms with Gasteiger partial charge in [0.05, 0.1) is 12.1 Å². The predicted octanol–water partition coefficient (Wildman–Crippen LogP) is 3.09. The molecular formula is C26H32N4O3. The highest BCUT2D eigenvalue weighted by Gasteiger charge is 2.40.